The Morgan fingerprint density at radius 2 is 2.11 bits per heavy atom. The number of fused-ring (bicyclic) bond motifs is 1. The molecule has 3 N–H and O–H groups in total. The van der Waals surface area contributed by atoms with Crippen molar-refractivity contribution in [3.8, 4) is 17.8 Å². The second kappa shape index (κ2) is 4.35. The summed E-state index contributed by atoms with van der Waals surface area (Å²) in [6.45, 7) is 0. The molecule has 5 nitrogen and oxygen atoms in total. The smallest absolute Gasteiger partial charge is 0.300 e. The van der Waals surface area contributed by atoms with E-state index in [1.807, 2.05) is 6.07 Å². The van der Waals surface area contributed by atoms with Crippen molar-refractivity contribution in [3.63, 3.8) is 0 Å². The van der Waals surface area contributed by atoms with Crippen molar-refractivity contribution in [3.05, 3.63) is 48.0 Å². The summed E-state index contributed by atoms with van der Waals surface area (Å²) in [7, 11) is 0. The number of nitriles is 1. The third-order valence-electron chi connectivity index (χ3n) is 2.66. The molecule has 0 saturated carbocycles. The zero-order valence-electron chi connectivity index (χ0n) is 9.92. The molecule has 0 radical (unpaired) electrons. The van der Waals surface area contributed by atoms with Crippen LogP contribution >= 0.6 is 0 Å². The average molecular weight is 250 g/mol. The number of hydrogen-bond donors (Lipinski definition) is 2. The molecular formula is C14H10N4O. The number of benzene rings is 2. The van der Waals surface area contributed by atoms with Gasteiger partial charge in [-0.2, -0.15) is 10.2 Å². The lowest BCUT2D eigenvalue weighted by Crippen LogP contribution is -1.86. The van der Waals surface area contributed by atoms with Crippen LogP contribution in [0.1, 0.15) is 5.56 Å². The molecule has 19 heavy (non-hydrogen) atoms. The highest BCUT2D eigenvalue weighted by atomic mass is 16.5. The zero-order valence-corrected chi connectivity index (χ0v) is 9.92. The van der Waals surface area contributed by atoms with Crippen LogP contribution in [-0.4, -0.2) is 9.97 Å². The Hall–Kier alpha value is -3.00. The van der Waals surface area contributed by atoms with Gasteiger partial charge in [0.2, 0.25) is 0 Å². The largest absolute Gasteiger partial charge is 0.426 e. The van der Waals surface area contributed by atoms with Crippen LogP contribution in [0.2, 0.25) is 0 Å². The van der Waals surface area contributed by atoms with Gasteiger partial charge in [0.15, 0.2) is 0 Å². The number of rotatable bonds is 2. The van der Waals surface area contributed by atoms with E-state index in [4.69, 9.17) is 15.7 Å². The number of anilines is 1. The third kappa shape index (κ3) is 2.19. The van der Waals surface area contributed by atoms with E-state index >= 15 is 0 Å². The summed E-state index contributed by atoms with van der Waals surface area (Å²) >= 11 is 0. The number of ether oxygens (including phenoxy) is 1. The van der Waals surface area contributed by atoms with Crippen molar-refractivity contribution in [1.29, 1.82) is 5.26 Å². The van der Waals surface area contributed by atoms with Gasteiger partial charge in [0.25, 0.3) is 6.01 Å². The zero-order chi connectivity index (χ0) is 13.2. The summed E-state index contributed by atoms with van der Waals surface area (Å²) in [5, 5.41) is 8.83. The third-order valence-corrected chi connectivity index (χ3v) is 2.66. The minimum absolute atomic E-state index is 0.371. The number of aromatic amines is 1. The van der Waals surface area contributed by atoms with Gasteiger partial charge in [-0.15, -0.1) is 0 Å². The highest BCUT2D eigenvalue weighted by molar-refractivity contribution is 5.79. The second-order valence-electron chi connectivity index (χ2n) is 4.06. The Labute approximate surface area is 109 Å². The van der Waals surface area contributed by atoms with Gasteiger partial charge in [-0.25, -0.2) is 0 Å². The van der Waals surface area contributed by atoms with Gasteiger partial charge in [0, 0.05) is 5.69 Å². The Morgan fingerprint density at radius 3 is 2.95 bits per heavy atom. The van der Waals surface area contributed by atoms with E-state index < -0.39 is 0 Å². The van der Waals surface area contributed by atoms with Crippen LogP contribution < -0.4 is 10.5 Å². The molecule has 0 unspecified atom stereocenters. The monoisotopic (exact) mass is 250 g/mol. The molecule has 0 aliphatic carbocycles. The van der Waals surface area contributed by atoms with Crippen molar-refractivity contribution in [2.24, 2.45) is 0 Å². The summed E-state index contributed by atoms with van der Waals surface area (Å²) in [5.74, 6) is 0.561. The standard InChI is InChI=1S/C14H10N4O/c15-8-9-2-1-3-11(6-9)19-14-17-12-5-4-10(16)7-13(12)18-14/h1-7H,16H2,(H,17,18). The van der Waals surface area contributed by atoms with Crippen molar-refractivity contribution < 1.29 is 4.74 Å². The van der Waals surface area contributed by atoms with Gasteiger partial charge in [-0.3, -0.25) is 0 Å². The van der Waals surface area contributed by atoms with Gasteiger partial charge in [-0.05, 0) is 36.4 Å². The molecule has 0 spiro atoms. The molecule has 0 atom stereocenters. The average Bonchev–Trinajstić information content (AvgIpc) is 2.80. The normalized spacial score (nSPS) is 10.3. The quantitative estimate of drug-likeness (QED) is 0.684. The lowest BCUT2D eigenvalue weighted by molar-refractivity contribution is 0.449. The van der Waals surface area contributed by atoms with Crippen LogP contribution in [-0.2, 0) is 0 Å². The van der Waals surface area contributed by atoms with E-state index in [0.717, 1.165) is 11.0 Å². The molecule has 0 aliphatic heterocycles. The molecule has 0 aliphatic rings. The number of hydrogen-bond acceptors (Lipinski definition) is 4. The second-order valence-corrected chi connectivity index (χ2v) is 4.06. The highest BCUT2D eigenvalue weighted by Gasteiger charge is 2.05. The molecule has 0 amide bonds. The van der Waals surface area contributed by atoms with Crippen molar-refractivity contribution >= 4 is 16.7 Å². The minimum atomic E-state index is 0.371. The van der Waals surface area contributed by atoms with Gasteiger partial charge in [0.1, 0.15) is 5.75 Å². The molecule has 1 heterocycles. The van der Waals surface area contributed by atoms with E-state index in [2.05, 4.69) is 16.0 Å². The Kier molecular flexibility index (Phi) is 2.54. The van der Waals surface area contributed by atoms with Crippen LogP contribution in [0.15, 0.2) is 42.5 Å². The maximum absolute atomic E-state index is 8.83. The number of nitrogens with one attached hydrogen (secondary N) is 1. The van der Waals surface area contributed by atoms with Gasteiger partial charge >= 0.3 is 0 Å². The number of nitrogen functional groups attached to an aromatic ring is 1. The van der Waals surface area contributed by atoms with Gasteiger partial charge < -0.3 is 15.5 Å². The van der Waals surface area contributed by atoms with E-state index in [1.165, 1.54) is 0 Å². The van der Waals surface area contributed by atoms with Gasteiger partial charge in [0.05, 0.1) is 22.7 Å². The Morgan fingerprint density at radius 1 is 1.21 bits per heavy atom. The first-order valence-electron chi connectivity index (χ1n) is 5.68. The first kappa shape index (κ1) is 11.1. The fourth-order valence-corrected chi connectivity index (χ4v) is 1.79. The lowest BCUT2D eigenvalue weighted by Gasteiger charge is -2.00. The fourth-order valence-electron chi connectivity index (χ4n) is 1.79. The topological polar surface area (TPSA) is 87.7 Å². The molecule has 1 aromatic heterocycles. The molecule has 0 fully saturated rings. The number of aromatic nitrogens is 2. The van der Waals surface area contributed by atoms with Crippen LogP contribution in [0.3, 0.4) is 0 Å². The van der Waals surface area contributed by atoms with E-state index in [1.54, 1.807) is 36.4 Å². The van der Waals surface area contributed by atoms with E-state index in [-0.39, 0.29) is 0 Å². The van der Waals surface area contributed by atoms with Crippen molar-refractivity contribution in [1.82, 2.24) is 9.97 Å². The molecule has 2 aromatic carbocycles. The van der Waals surface area contributed by atoms with Crippen molar-refractivity contribution in [2.75, 3.05) is 5.73 Å². The number of nitrogens with zero attached hydrogens (tertiary/aromatic N) is 2. The minimum Gasteiger partial charge on any atom is -0.426 e. The lowest BCUT2D eigenvalue weighted by atomic mass is 10.2. The summed E-state index contributed by atoms with van der Waals surface area (Å²) in [6, 6.07) is 14.7. The van der Waals surface area contributed by atoms with Crippen LogP contribution in [0.25, 0.3) is 11.0 Å². The maximum atomic E-state index is 8.83. The predicted molar refractivity (Wildman–Crippen MR) is 71.7 cm³/mol. The van der Waals surface area contributed by atoms with E-state index in [0.29, 0.717) is 23.0 Å². The van der Waals surface area contributed by atoms with Crippen LogP contribution in [0.5, 0.6) is 11.8 Å². The van der Waals surface area contributed by atoms with Gasteiger partial charge in [-0.1, -0.05) is 6.07 Å². The summed E-state index contributed by atoms with van der Waals surface area (Å²) in [6.07, 6.45) is 0. The molecule has 0 bridgehead atoms. The Balaban J connectivity index is 1.94. The summed E-state index contributed by atoms with van der Waals surface area (Å²) in [5.41, 5.74) is 8.49. The molecule has 3 aromatic rings. The summed E-state index contributed by atoms with van der Waals surface area (Å²) in [4.78, 5) is 7.31. The highest BCUT2D eigenvalue weighted by Crippen LogP contribution is 2.23. The molecular weight excluding hydrogens is 240 g/mol. The predicted octanol–water partition coefficient (Wildman–Crippen LogP) is 2.81. The van der Waals surface area contributed by atoms with Crippen LogP contribution in [0, 0.1) is 11.3 Å². The first-order chi connectivity index (χ1) is 9.24. The number of nitrogens with two attached hydrogens (primary N) is 1. The summed E-state index contributed by atoms with van der Waals surface area (Å²) < 4.78 is 5.59. The van der Waals surface area contributed by atoms with Crippen LogP contribution in [0.4, 0.5) is 5.69 Å². The molecule has 3 rings (SSSR count). The number of imidazole rings is 1. The number of H-pyrrole nitrogens is 1. The maximum Gasteiger partial charge on any atom is 0.300 e. The fraction of sp³-hybridized carbons (Fsp3) is 0. The first-order valence-corrected chi connectivity index (χ1v) is 5.68. The molecule has 5 heteroatoms. The van der Waals surface area contributed by atoms with Crippen molar-refractivity contribution in [2.45, 2.75) is 0 Å². The SMILES string of the molecule is N#Cc1cccc(Oc2nc3ccc(N)cc3[nH]2)c1. The van der Waals surface area contributed by atoms with E-state index in [9.17, 15) is 0 Å². The molecule has 0 saturated heterocycles. The molecule has 92 valence electrons. The Bertz CT molecular complexity index is 785.